The molecule has 1 atom stereocenters. The van der Waals surface area contributed by atoms with Gasteiger partial charge in [0.05, 0.1) is 4.34 Å². The van der Waals surface area contributed by atoms with Crippen molar-refractivity contribution >= 4 is 28.8 Å². The standard InChI is InChI=1S/C10H15ClN2OS/c1-6-5-8(15-10(6)11)7(12)3-2-4-9(13)14/h5,7H,2-4,12H2,1H3,(H2,13,14). The molecule has 4 N–H and O–H groups in total. The number of hydrogen-bond donors (Lipinski definition) is 2. The Labute approximate surface area is 98.4 Å². The molecule has 1 unspecified atom stereocenters. The predicted octanol–water partition coefficient (Wildman–Crippen LogP) is 2.37. The van der Waals surface area contributed by atoms with Crippen molar-refractivity contribution in [2.24, 2.45) is 11.5 Å². The van der Waals surface area contributed by atoms with Crippen LogP contribution in [0.3, 0.4) is 0 Å². The lowest BCUT2D eigenvalue weighted by molar-refractivity contribution is -0.118. The lowest BCUT2D eigenvalue weighted by Crippen LogP contribution is -2.13. The highest BCUT2D eigenvalue weighted by Crippen LogP contribution is 2.31. The second-order valence-corrected chi connectivity index (χ2v) is 5.26. The fourth-order valence-corrected chi connectivity index (χ4v) is 2.56. The van der Waals surface area contributed by atoms with E-state index in [1.54, 1.807) is 0 Å². The quantitative estimate of drug-likeness (QED) is 0.838. The molecule has 0 fully saturated rings. The van der Waals surface area contributed by atoms with E-state index in [-0.39, 0.29) is 11.9 Å². The summed E-state index contributed by atoms with van der Waals surface area (Å²) in [6.45, 7) is 1.96. The molecule has 0 aliphatic heterocycles. The summed E-state index contributed by atoms with van der Waals surface area (Å²) in [6.07, 6.45) is 1.88. The molecule has 0 saturated carbocycles. The van der Waals surface area contributed by atoms with Crippen LogP contribution >= 0.6 is 22.9 Å². The van der Waals surface area contributed by atoms with Crippen molar-refractivity contribution in [3.8, 4) is 0 Å². The molecule has 1 aromatic rings. The van der Waals surface area contributed by atoms with Gasteiger partial charge in [-0.3, -0.25) is 4.79 Å². The summed E-state index contributed by atoms with van der Waals surface area (Å²) in [6, 6.07) is 1.96. The van der Waals surface area contributed by atoms with Crippen LogP contribution in [0.15, 0.2) is 6.07 Å². The Hall–Kier alpha value is -0.580. The topological polar surface area (TPSA) is 69.1 Å². The van der Waals surface area contributed by atoms with Gasteiger partial charge in [0.15, 0.2) is 0 Å². The second kappa shape index (κ2) is 5.49. The van der Waals surface area contributed by atoms with Crippen molar-refractivity contribution in [2.75, 3.05) is 0 Å². The summed E-state index contributed by atoms with van der Waals surface area (Å²) in [5, 5.41) is 0. The first-order chi connectivity index (χ1) is 7.00. The van der Waals surface area contributed by atoms with E-state index in [9.17, 15) is 4.79 Å². The Morgan fingerprint density at radius 2 is 2.33 bits per heavy atom. The van der Waals surface area contributed by atoms with Crippen LogP contribution in [0.4, 0.5) is 0 Å². The van der Waals surface area contributed by atoms with Crippen molar-refractivity contribution < 1.29 is 4.79 Å². The normalized spacial score (nSPS) is 12.7. The molecule has 3 nitrogen and oxygen atoms in total. The van der Waals surface area contributed by atoms with E-state index in [1.807, 2.05) is 13.0 Å². The molecule has 5 heteroatoms. The highest BCUT2D eigenvalue weighted by Gasteiger charge is 2.11. The number of hydrogen-bond acceptors (Lipinski definition) is 3. The van der Waals surface area contributed by atoms with Gasteiger partial charge in [0.1, 0.15) is 0 Å². The summed E-state index contributed by atoms with van der Waals surface area (Å²) in [5.74, 6) is -0.275. The summed E-state index contributed by atoms with van der Waals surface area (Å²) in [5.41, 5.74) is 12.1. The van der Waals surface area contributed by atoms with Gasteiger partial charge < -0.3 is 11.5 Å². The molecular formula is C10H15ClN2OS. The molecule has 0 radical (unpaired) electrons. The number of amides is 1. The van der Waals surface area contributed by atoms with E-state index < -0.39 is 0 Å². The zero-order valence-corrected chi connectivity index (χ0v) is 10.2. The van der Waals surface area contributed by atoms with Crippen LogP contribution < -0.4 is 11.5 Å². The third kappa shape index (κ3) is 3.81. The predicted molar refractivity (Wildman–Crippen MR) is 64.0 cm³/mol. The number of rotatable bonds is 5. The average molecular weight is 247 g/mol. The Morgan fingerprint density at radius 1 is 1.67 bits per heavy atom. The van der Waals surface area contributed by atoms with Crippen molar-refractivity contribution in [2.45, 2.75) is 32.2 Å². The minimum absolute atomic E-state index is 0.0412. The van der Waals surface area contributed by atoms with Crippen molar-refractivity contribution in [3.63, 3.8) is 0 Å². The first-order valence-electron chi connectivity index (χ1n) is 4.80. The number of carbonyl (C=O) groups is 1. The van der Waals surface area contributed by atoms with Gasteiger partial charge in [-0.05, 0) is 31.4 Å². The SMILES string of the molecule is Cc1cc(C(N)CCCC(N)=O)sc1Cl. The third-order valence-electron chi connectivity index (χ3n) is 2.18. The molecule has 0 aliphatic carbocycles. The van der Waals surface area contributed by atoms with Crippen LogP contribution in [0.5, 0.6) is 0 Å². The number of nitrogens with two attached hydrogens (primary N) is 2. The molecule has 1 rings (SSSR count). The van der Waals surface area contributed by atoms with Gasteiger partial charge in [-0.15, -0.1) is 11.3 Å². The maximum absolute atomic E-state index is 10.5. The van der Waals surface area contributed by atoms with Gasteiger partial charge in [-0.2, -0.15) is 0 Å². The lowest BCUT2D eigenvalue weighted by atomic mass is 10.1. The monoisotopic (exact) mass is 246 g/mol. The van der Waals surface area contributed by atoms with Crippen molar-refractivity contribution in [1.29, 1.82) is 0 Å². The van der Waals surface area contributed by atoms with E-state index >= 15 is 0 Å². The smallest absolute Gasteiger partial charge is 0.217 e. The van der Waals surface area contributed by atoms with E-state index in [0.29, 0.717) is 6.42 Å². The molecule has 15 heavy (non-hydrogen) atoms. The minimum atomic E-state index is -0.275. The summed E-state index contributed by atoms with van der Waals surface area (Å²) < 4.78 is 0.787. The number of carbonyl (C=O) groups excluding carboxylic acids is 1. The van der Waals surface area contributed by atoms with Gasteiger partial charge in [0.25, 0.3) is 0 Å². The molecule has 84 valence electrons. The zero-order valence-electron chi connectivity index (χ0n) is 8.63. The number of halogens is 1. The van der Waals surface area contributed by atoms with E-state index in [4.69, 9.17) is 23.1 Å². The molecule has 1 aromatic heterocycles. The van der Waals surface area contributed by atoms with Gasteiger partial charge in [0.2, 0.25) is 5.91 Å². The molecule has 1 heterocycles. The van der Waals surface area contributed by atoms with E-state index in [0.717, 1.165) is 27.6 Å². The summed E-state index contributed by atoms with van der Waals surface area (Å²) >= 11 is 7.45. The maximum atomic E-state index is 10.5. The molecule has 0 spiro atoms. The average Bonchev–Trinajstić information content (AvgIpc) is 2.46. The molecule has 0 aliphatic rings. The lowest BCUT2D eigenvalue weighted by Gasteiger charge is -2.07. The summed E-state index contributed by atoms with van der Waals surface area (Å²) in [7, 11) is 0. The van der Waals surface area contributed by atoms with Crippen LogP contribution in [0, 0.1) is 6.92 Å². The molecule has 0 bridgehead atoms. The first kappa shape index (κ1) is 12.5. The van der Waals surface area contributed by atoms with Gasteiger partial charge in [0, 0.05) is 17.3 Å². The molecule has 0 aromatic carbocycles. The number of thiophene rings is 1. The number of aryl methyl sites for hydroxylation is 1. The zero-order chi connectivity index (χ0) is 11.4. The van der Waals surface area contributed by atoms with Crippen LogP contribution in [-0.4, -0.2) is 5.91 Å². The first-order valence-corrected chi connectivity index (χ1v) is 6.00. The number of primary amides is 1. The Bertz CT molecular complexity index is 332. The summed E-state index contributed by atoms with van der Waals surface area (Å²) in [4.78, 5) is 11.6. The van der Waals surface area contributed by atoms with E-state index in [1.165, 1.54) is 11.3 Å². The van der Waals surface area contributed by atoms with Crippen molar-refractivity contribution in [3.05, 3.63) is 20.8 Å². The largest absolute Gasteiger partial charge is 0.370 e. The fraction of sp³-hybridized carbons (Fsp3) is 0.500. The second-order valence-electron chi connectivity index (χ2n) is 3.57. The Balaban J connectivity index is 2.46. The Morgan fingerprint density at radius 3 is 2.80 bits per heavy atom. The van der Waals surface area contributed by atoms with Crippen LogP contribution in [-0.2, 0) is 4.79 Å². The van der Waals surface area contributed by atoms with Gasteiger partial charge in [-0.1, -0.05) is 11.6 Å². The Kier molecular flexibility index (Phi) is 4.57. The third-order valence-corrected chi connectivity index (χ3v) is 3.87. The maximum Gasteiger partial charge on any atom is 0.217 e. The fourth-order valence-electron chi connectivity index (χ4n) is 1.30. The molecule has 1 amide bonds. The van der Waals surface area contributed by atoms with Crippen LogP contribution in [0.2, 0.25) is 4.34 Å². The van der Waals surface area contributed by atoms with Crippen LogP contribution in [0.25, 0.3) is 0 Å². The van der Waals surface area contributed by atoms with E-state index in [2.05, 4.69) is 0 Å². The van der Waals surface area contributed by atoms with Crippen LogP contribution in [0.1, 0.15) is 35.7 Å². The van der Waals surface area contributed by atoms with Gasteiger partial charge in [-0.25, -0.2) is 0 Å². The minimum Gasteiger partial charge on any atom is -0.370 e. The highest BCUT2D eigenvalue weighted by molar-refractivity contribution is 7.16. The van der Waals surface area contributed by atoms with Crippen molar-refractivity contribution in [1.82, 2.24) is 0 Å². The van der Waals surface area contributed by atoms with Gasteiger partial charge >= 0.3 is 0 Å². The molecular weight excluding hydrogens is 232 g/mol. The highest BCUT2D eigenvalue weighted by atomic mass is 35.5. The molecule has 0 saturated heterocycles.